The van der Waals surface area contributed by atoms with Crippen LogP contribution in [0.1, 0.15) is 41.5 Å². The van der Waals surface area contributed by atoms with Gasteiger partial charge in [0, 0.05) is 0 Å². The van der Waals surface area contributed by atoms with Crippen molar-refractivity contribution in [2.75, 3.05) is 0 Å². The fourth-order valence-corrected chi connectivity index (χ4v) is 3.11. The maximum atomic E-state index is 12.1. The largest absolute Gasteiger partial charge is 0.390 e. The normalized spacial score (nSPS) is 24.5. The van der Waals surface area contributed by atoms with Gasteiger partial charge in [-0.25, -0.2) is 0 Å². The Kier molecular flexibility index (Phi) is 6.25. The molecule has 0 spiro atoms. The van der Waals surface area contributed by atoms with Crippen LogP contribution in [-0.2, 0) is 14.4 Å². The molecule has 0 bridgehead atoms. The second-order valence-corrected chi connectivity index (χ2v) is 6.50. The highest BCUT2D eigenvalue weighted by molar-refractivity contribution is 5.94. The van der Waals surface area contributed by atoms with Gasteiger partial charge in [0.1, 0.15) is 17.3 Å². The second kappa shape index (κ2) is 6.58. The molecule has 140 valence electrons. The topological polar surface area (TPSA) is 173 Å². The van der Waals surface area contributed by atoms with E-state index in [1.165, 1.54) is 0 Å². The van der Waals surface area contributed by atoms with Crippen molar-refractivity contribution >= 4 is 17.3 Å². The van der Waals surface area contributed by atoms with Crippen molar-refractivity contribution in [2.24, 2.45) is 0 Å². The first-order chi connectivity index (χ1) is 10.4. The van der Waals surface area contributed by atoms with E-state index in [-0.39, 0.29) is 0 Å². The number of rotatable bonds is 8. The third kappa shape index (κ3) is 2.81. The zero-order chi connectivity index (χ0) is 19.9. The molecule has 2 unspecified atom stereocenters. The number of aliphatic hydroxyl groups excluding tert-OH is 2. The maximum absolute atomic E-state index is 12.1. The van der Waals surface area contributed by atoms with Gasteiger partial charge < -0.3 is 30.6 Å². The van der Waals surface area contributed by atoms with E-state index in [4.69, 9.17) is 0 Å². The molecule has 6 atom stereocenters. The van der Waals surface area contributed by atoms with E-state index < -0.39 is 52.0 Å². The number of hydrogen-bond donors (Lipinski definition) is 6. The van der Waals surface area contributed by atoms with E-state index in [0.717, 1.165) is 27.7 Å². The molecular formula is C15H26O9. The Hall–Kier alpha value is -1.23. The molecule has 9 heteroatoms. The van der Waals surface area contributed by atoms with Gasteiger partial charge >= 0.3 is 0 Å². The summed E-state index contributed by atoms with van der Waals surface area (Å²) in [5, 5.41) is 62.2. The minimum absolute atomic E-state index is 0.643. The first-order valence-corrected chi connectivity index (χ1v) is 7.22. The van der Waals surface area contributed by atoms with Crippen molar-refractivity contribution in [3.8, 4) is 0 Å². The molecule has 0 aromatic carbocycles. The Morgan fingerprint density at radius 3 is 1.42 bits per heavy atom. The third-order valence-corrected chi connectivity index (χ3v) is 4.75. The average Bonchev–Trinajstić information content (AvgIpc) is 2.42. The van der Waals surface area contributed by atoms with Crippen molar-refractivity contribution in [1.82, 2.24) is 0 Å². The van der Waals surface area contributed by atoms with Crippen LogP contribution in [0.3, 0.4) is 0 Å². The SMILES string of the molecule is CC(=O)C(O)[C@](C)(O)[C@](O)(C(C)=O)[C@@](C)(O)[C@@](O)(C(C)=O)C(C)O. The molecule has 0 amide bonds. The Morgan fingerprint density at radius 2 is 1.21 bits per heavy atom. The van der Waals surface area contributed by atoms with Gasteiger partial charge in [0.15, 0.2) is 28.6 Å². The van der Waals surface area contributed by atoms with Crippen LogP contribution in [0.4, 0.5) is 0 Å². The highest BCUT2D eigenvalue weighted by Gasteiger charge is 2.72. The summed E-state index contributed by atoms with van der Waals surface area (Å²) in [4.78, 5) is 35.3. The van der Waals surface area contributed by atoms with E-state index in [1.807, 2.05) is 0 Å². The lowest BCUT2D eigenvalue weighted by Gasteiger charge is -2.54. The van der Waals surface area contributed by atoms with Gasteiger partial charge in [-0.1, -0.05) is 0 Å². The fraction of sp³-hybridized carbons (Fsp3) is 0.800. The van der Waals surface area contributed by atoms with E-state index in [9.17, 15) is 45.0 Å². The molecule has 0 saturated carbocycles. The standard InChI is InChI=1S/C15H26O9/c1-7(16)11(20)12(5,21)15(24,10(4)19)13(6,22)14(23,8(2)17)9(3)18/h8,11,17,20-24H,1-6H3/t8?,11?,12-,13-,14-,15+/m0/s1. The summed E-state index contributed by atoms with van der Waals surface area (Å²) in [7, 11) is 0. The molecule has 0 aromatic rings. The summed E-state index contributed by atoms with van der Waals surface area (Å²) >= 11 is 0. The predicted octanol–water partition coefficient (Wildman–Crippen LogP) is -2.54. The Morgan fingerprint density at radius 1 is 0.833 bits per heavy atom. The van der Waals surface area contributed by atoms with Crippen LogP contribution in [0, 0.1) is 0 Å². The third-order valence-electron chi connectivity index (χ3n) is 4.75. The molecule has 0 aliphatic heterocycles. The van der Waals surface area contributed by atoms with Gasteiger partial charge in [0.25, 0.3) is 0 Å². The molecule has 9 nitrogen and oxygen atoms in total. The molecule has 0 radical (unpaired) electrons. The molecule has 0 rings (SSSR count). The number of carbonyl (C=O) groups is 3. The van der Waals surface area contributed by atoms with Gasteiger partial charge in [-0.15, -0.1) is 0 Å². The molecule has 0 heterocycles. The zero-order valence-corrected chi connectivity index (χ0v) is 14.6. The van der Waals surface area contributed by atoms with Crippen molar-refractivity contribution in [3.63, 3.8) is 0 Å². The number of aliphatic hydroxyl groups is 6. The summed E-state index contributed by atoms with van der Waals surface area (Å²) in [6, 6.07) is 0. The highest BCUT2D eigenvalue weighted by atomic mass is 16.4. The van der Waals surface area contributed by atoms with Crippen LogP contribution in [-0.4, -0.2) is 82.6 Å². The predicted molar refractivity (Wildman–Crippen MR) is 80.9 cm³/mol. The zero-order valence-electron chi connectivity index (χ0n) is 14.6. The molecule has 24 heavy (non-hydrogen) atoms. The number of Topliss-reactive ketones (excluding diaryl/α,β-unsaturated/α-hetero) is 3. The Labute approximate surface area is 139 Å². The quantitative estimate of drug-likeness (QED) is 0.276. The average molecular weight is 350 g/mol. The summed E-state index contributed by atoms with van der Waals surface area (Å²) in [6.45, 7) is 4.63. The van der Waals surface area contributed by atoms with Crippen LogP contribution < -0.4 is 0 Å². The van der Waals surface area contributed by atoms with E-state index in [1.54, 1.807) is 0 Å². The Balaban J connectivity index is 6.79. The number of hydrogen-bond acceptors (Lipinski definition) is 9. The molecule has 6 N–H and O–H groups in total. The van der Waals surface area contributed by atoms with Gasteiger partial charge in [-0.2, -0.15) is 0 Å². The summed E-state index contributed by atoms with van der Waals surface area (Å²) in [5.74, 6) is -3.60. The van der Waals surface area contributed by atoms with Crippen molar-refractivity contribution < 1.29 is 45.0 Å². The minimum Gasteiger partial charge on any atom is -0.390 e. The fourth-order valence-electron chi connectivity index (χ4n) is 3.11. The highest BCUT2D eigenvalue weighted by Crippen LogP contribution is 2.44. The van der Waals surface area contributed by atoms with E-state index in [2.05, 4.69) is 0 Å². The minimum atomic E-state index is -3.39. The molecule has 0 aromatic heterocycles. The monoisotopic (exact) mass is 350 g/mol. The van der Waals surface area contributed by atoms with Gasteiger partial charge in [0.2, 0.25) is 0 Å². The van der Waals surface area contributed by atoms with Crippen LogP contribution in [0.5, 0.6) is 0 Å². The van der Waals surface area contributed by atoms with E-state index >= 15 is 0 Å². The van der Waals surface area contributed by atoms with Crippen molar-refractivity contribution in [2.45, 2.75) is 76.2 Å². The molecule has 0 aliphatic rings. The van der Waals surface area contributed by atoms with Crippen LogP contribution in [0.25, 0.3) is 0 Å². The maximum Gasteiger partial charge on any atom is 0.185 e. The van der Waals surface area contributed by atoms with E-state index in [0.29, 0.717) is 13.8 Å². The van der Waals surface area contributed by atoms with Crippen LogP contribution in [0.15, 0.2) is 0 Å². The molecular weight excluding hydrogens is 324 g/mol. The lowest BCUT2D eigenvalue weighted by Crippen LogP contribution is -2.82. The van der Waals surface area contributed by atoms with Gasteiger partial charge in [0.05, 0.1) is 6.10 Å². The first kappa shape index (κ1) is 22.8. The molecule has 0 saturated heterocycles. The summed E-state index contributed by atoms with van der Waals surface area (Å²) in [6.07, 6.45) is -4.30. The Bertz CT molecular complexity index is 537. The lowest BCUT2D eigenvalue weighted by atomic mass is 9.59. The summed E-state index contributed by atoms with van der Waals surface area (Å²) < 4.78 is 0. The lowest BCUT2D eigenvalue weighted by molar-refractivity contribution is -0.295. The number of carbonyl (C=O) groups excluding carboxylic acids is 3. The van der Waals surface area contributed by atoms with Crippen molar-refractivity contribution in [1.29, 1.82) is 0 Å². The van der Waals surface area contributed by atoms with Crippen LogP contribution >= 0.6 is 0 Å². The first-order valence-electron chi connectivity index (χ1n) is 7.22. The van der Waals surface area contributed by atoms with Crippen LogP contribution in [0.2, 0.25) is 0 Å². The second-order valence-electron chi connectivity index (χ2n) is 6.50. The molecule has 0 aliphatic carbocycles. The van der Waals surface area contributed by atoms with Gasteiger partial charge in [-0.3, -0.25) is 14.4 Å². The summed E-state index contributed by atoms with van der Waals surface area (Å²) in [5.41, 5.74) is -12.6. The molecule has 0 fully saturated rings. The van der Waals surface area contributed by atoms with Gasteiger partial charge in [-0.05, 0) is 41.5 Å². The number of ketones is 3. The van der Waals surface area contributed by atoms with Crippen molar-refractivity contribution in [3.05, 3.63) is 0 Å². The smallest absolute Gasteiger partial charge is 0.185 e.